The lowest BCUT2D eigenvalue weighted by atomic mass is 9.77. The summed E-state index contributed by atoms with van der Waals surface area (Å²) in [5, 5.41) is 7.88. The maximum absolute atomic E-state index is 10.8. The smallest absolute Gasteiger partial charge is 0.388 e. The lowest BCUT2D eigenvalue weighted by Gasteiger charge is -2.49. The molecule has 1 saturated heterocycles. The first kappa shape index (κ1) is 26.1. The minimum absolute atomic E-state index is 0.167. The minimum atomic E-state index is -4.32. The molecule has 2 fully saturated rings. The number of carbonyl (C=O) groups is 1. The Morgan fingerprint density at radius 3 is 2.47 bits per heavy atom. The van der Waals surface area contributed by atoms with Gasteiger partial charge in [-0.05, 0) is 54.8 Å². The van der Waals surface area contributed by atoms with Crippen molar-refractivity contribution in [3.05, 3.63) is 36.7 Å². The van der Waals surface area contributed by atoms with E-state index < -0.39 is 12.6 Å². The van der Waals surface area contributed by atoms with Crippen LogP contribution in [0.1, 0.15) is 26.2 Å². The number of nitrogens with zero attached hydrogens (tertiary/aromatic N) is 5. The van der Waals surface area contributed by atoms with Crippen molar-refractivity contribution in [2.45, 2.75) is 42.4 Å². The van der Waals surface area contributed by atoms with Crippen LogP contribution in [0.2, 0.25) is 0 Å². The largest absolute Gasteiger partial charge is 0.395 e. The van der Waals surface area contributed by atoms with Gasteiger partial charge in [0, 0.05) is 53.7 Å². The van der Waals surface area contributed by atoms with E-state index in [4.69, 9.17) is 14.8 Å². The average molecular weight is 538 g/mol. The lowest BCUT2D eigenvalue weighted by molar-refractivity contribution is -0.144. The van der Waals surface area contributed by atoms with Crippen LogP contribution in [0.15, 0.2) is 46.7 Å². The molecule has 0 atom stereocenters. The molecule has 3 heterocycles. The van der Waals surface area contributed by atoms with Crippen LogP contribution in [0, 0.1) is 11.3 Å². The molecule has 192 valence electrons. The molecule has 2 aliphatic rings. The van der Waals surface area contributed by atoms with Crippen molar-refractivity contribution in [1.29, 1.82) is 0 Å². The van der Waals surface area contributed by atoms with Crippen molar-refractivity contribution in [1.82, 2.24) is 19.3 Å². The molecule has 0 spiro atoms. The molecule has 0 bridgehead atoms. The van der Waals surface area contributed by atoms with E-state index in [2.05, 4.69) is 56.1 Å². The quantitative estimate of drug-likeness (QED) is 0.280. The molecule has 0 amide bonds. The molecule has 2 N–H and O–H groups in total. The maximum Gasteiger partial charge on any atom is 0.395 e. The van der Waals surface area contributed by atoms with Gasteiger partial charge in [0.1, 0.15) is 24.2 Å². The fraction of sp³-hybridized carbons (Fsp3) is 0.435. The summed E-state index contributed by atoms with van der Waals surface area (Å²) in [5.41, 5.74) is 1.52. The van der Waals surface area contributed by atoms with Gasteiger partial charge in [-0.15, -0.1) is 0 Å². The van der Waals surface area contributed by atoms with Gasteiger partial charge in [0.05, 0.1) is 6.42 Å². The Bertz CT molecular complexity index is 1150. The van der Waals surface area contributed by atoms with E-state index in [1.165, 1.54) is 24.4 Å². The van der Waals surface area contributed by atoms with Crippen molar-refractivity contribution in [3.8, 4) is 0 Å². The molecule has 8 nitrogen and oxygen atoms in total. The second-order valence-electron chi connectivity index (χ2n) is 8.91. The van der Waals surface area contributed by atoms with Gasteiger partial charge in [-0.25, -0.2) is 15.0 Å². The van der Waals surface area contributed by atoms with Crippen LogP contribution in [0.3, 0.4) is 0 Å². The summed E-state index contributed by atoms with van der Waals surface area (Å²) >= 11 is 2.89. The Labute approximate surface area is 215 Å². The fourth-order valence-corrected chi connectivity index (χ4v) is 5.14. The van der Waals surface area contributed by atoms with Crippen LogP contribution >= 0.6 is 23.3 Å². The van der Waals surface area contributed by atoms with Crippen molar-refractivity contribution < 1.29 is 18.0 Å². The highest BCUT2D eigenvalue weighted by atomic mass is 32.2. The summed E-state index contributed by atoms with van der Waals surface area (Å²) < 4.78 is 36.5. The summed E-state index contributed by atoms with van der Waals surface area (Å²) in [6.45, 7) is 4.53. The van der Waals surface area contributed by atoms with Crippen molar-refractivity contribution in [2.75, 3.05) is 35.7 Å². The predicted octanol–water partition coefficient (Wildman–Crippen LogP) is 5.64. The molecule has 36 heavy (non-hydrogen) atoms. The minimum Gasteiger partial charge on any atom is -0.388 e. The van der Waals surface area contributed by atoms with Gasteiger partial charge >= 0.3 is 6.18 Å². The zero-order chi connectivity index (χ0) is 25.8. The number of hydrogen-bond donors (Lipinski definition) is 2. The summed E-state index contributed by atoms with van der Waals surface area (Å²) in [6, 6.07) is 10.3. The van der Waals surface area contributed by atoms with E-state index in [9.17, 15) is 13.2 Å². The molecule has 3 aromatic rings. The lowest BCUT2D eigenvalue weighted by Crippen LogP contribution is -2.56. The van der Waals surface area contributed by atoms with E-state index >= 15 is 0 Å². The zero-order valence-electron chi connectivity index (χ0n) is 19.7. The maximum atomic E-state index is 10.8. The predicted molar refractivity (Wildman–Crippen MR) is 135 cm³/mol. The Morgan fingerprint density at radius 1 is 1.22 bits per heavy atom. The third-order valence-electron chi connectivity index (χ3n) is 5.95. The Kier molecular flexibility index (Phi) is 7.98. The van der Waals surface area contributed by atoms with Gasteiger partial charge in [0.2, 0.25) is 5.13 Å². The Morgan fingerprint density at radius 2 is 1.94 bits per heavy atom. The summed E-state index contributed by atoms with van der Waals surface area (Å²) in [7, 11) is 1.92. The van der Waals surface area contributed by atoms with Crippen molar-refractivity contribution in [2.24, 2.45) is 11.3 Å². The first-order valence-electron chi connectivity index (χ1n) is 11.3. The zero-order valence-corrected chi connectivity index (χ0v) is 21.4. The molecule has 0 radical (unpaired) electrons. The summed E-state index contributed by atoms with van der Waals surface area (Å²) in [4.78, 5) is 26.3. The molecule has 1 aliphatic carbocycles. The summed E-state index contributed by atoms with van der Waals surface area (Å²) in [6.07, 6.45) is -1.53. The highest BCUT2D eigenvalue weighted by Gasteiger charge is 2.49. The number of carbonyl (C=O) groups excluding carboxylic acids is 1. The number of aromatic nitrogens is 4. The Hall–Kier alpha value is -2.93. The van der Waals surface area contributed by atoms with E-state index in [1.807, 2.05) is 13.1 Å². The highest BCUT2D eigenvalue weighted by molar-refractivity contribution is 7.99. The molecular formula is C23H26F3N7OS2. The van der Waals surface area contributed by atoms with Crippen molar-refractivity contribution >= 4 is 52.0 Å². The van der Waals surface area contributed by atoms with Gasteiger partial charge < -0.3 is 20.3 Å². The molecule has 13 heteroatoms. The molecule has 0 unspecified atom stereocenters. The second-order valence-corrected chi connectivity index (χ2v) is 10.7. The average Bonchev–Trinajstić information content (AvgIpc) is 3.55. The van der Waals surface area contributed by atoms with Crippen LogP contribution in [0.25, 0.3) is 0 Å². The van der Waals surface area contributed by atoms with Gasteiger partial charge in [0.25, 0.3) is 0 Å². The van der Waals surface area contributed by atoms with E-state index in [1.54, 1.807) is 18.1 Å². The molecule has 2 aromatic heterocycles. The second kappa shape index (κ2) is 11.0. The fourth-order valence-electron chi connectivity index (χ4n) is 3.94. The number of benzene rings is 1. The standard InChI is InChI=1S/C20H23N7S2.C3H3F3O/c1-20(13-3-4-13)10-27(11-20)17-9-16(24-18-22-12-23-29-18)25-19(26-17)28-15-7-5-14(21-2)6-8-15;4-3(5,6)1-2-7/h5-9,12-13,21H,3-4,10-11H2,1-2H3,(H,22,23,24,25,26);2H,1H2. The first-order valence-corrected chi connectivity index (χ1v) is 12.9. The van der Waals surface area contributed by atoms with Crippen molar-refractivity contribution in [3.63, 3.8) is 0 Å². The number of anilines is 4. The van der Waals surface area contributed by atoms with Gasteiger partial charge in [-0.3, -0.25) is 0 Å². The Balaban J connectivity index is 0.000000384. The van der Waals surface area contributed by atoms with Crippen LogP contribution in [0.4, 0.5) is 35.6 Å². The van der Waals surface area contributed by atoms with Gasteiger partial charge in [-0.2, -0.15) is 17.5 Å². The molecular weight excluding hydrogens is 511 g/mol. The van der Waals surface area contributed by atoms with E-state index in [0.29, 0.717) is 5.41 Å². The SMILES string of the molecule is CNc1ccc(Sc2nc(Nc3ncns3)cc(N3CC(C)(C4CC4)C3)n2)cc1.O=CCC(F)(F)F. The number of halogens is 3. The van der Waals surface area contributed by atoms with Crippen LogP contribution in [-0.2, 0) is 4.79 Å². The van der Waals surface area contributed by atoms with Gasteiger partial charge in [-0.1, -0.05) is 6.92 Å². The number of alkyl halides is 3. The number of aldehydes is 1. The normalized spacial score (nSPS) is 16.4. The van der Waals surface area contributed by atoms with Crippen LogP contribution in [0.5, 0.6) is 0 Å². The third kappa shape index (κ3) is 7.06. The van der Waals surface area contributed by atoms with Gasteiger partial charge in [0.15, 0.2) is 5.16 Å². The molecule has 1 aromatic carbocycles. The van der Waals surface area contributed by atoms with E-state index in [-0.39, 0.29) is 6.29 Å². The number of nitrogens with one attached hydrogen (secondary N) is 2. The molecule has 1 aliphatic heterocycles. The topological polar surface area (TPSA) is 95.9 Å². The molecule has 5 rings (SSSR count). The summed E-state index contributed by atoms with van der Waals surface area (Å²) in [5.74, 6) is 2.61. The number of hydrogen-bond acceptors (Lipinski definition) is 10. The van der Waals surface area contributed by atoms with Crippen LogP contribution < -0.4 is 15.5 Å². The van der Waals surface area contributed by atoms with Crippen LogP contribution in [-0.4, -0.2) is 51.9 Å². The first-order chi connectivity index (χ1) is 17.2. The monoisotopic (exact) mass is 537 g/mol. The highest BCUT2D eigenvalue weighted by Crippen LogP contribution is 2.51. The number of rotatable bonds is 8. The van der Waals surface area contributed by atoms with E-state index in [0.717, 1.165) is 51.5 Å². The molecule has 1 saturated carbocycles. The third-order valence-corrected chi connectivity index (χ3v) is 7.40.